The largest absolute Gasteiger partial charge is 0.497 e. The van der Waals surface area contributed by atoms with Gasteiger partial charge in [0.25, 0.3) is 0 Å². The molecule has 0 unspecified atom stereocenters. The van der Waals surface area contributed by atoms with Gasteiger partial charge in [-0.05, 0) is 48.8 Å². The fourth-order valence-electron chi connectivity index (χ4n) is 3.54. The predicted molar refractivity (Wildman–Crippen MR) is 113 cm³/mol. The highest BCUT2D eigenvalue weighted by Gasteiger charge is 2.41. The van der Waals surface area contributed by atoms with E-state index < -0.39 is 0 Å². The third kappa shape index (κ3) is 4.24. The minimum atomic E-state index is 0.155. The third-order valence-corrected chi connectivity index (χ3v) is 5.51. The molecule has 1 aliphatic carbocycles. The summed E-state index contributed by atoms with van der Waals surface area (Å²) in [5.74, 6) is 1.12. The molecule has 0 atom stereocenters. The Labute approximate surface area is 162 Å². The standard InChI is InChI=1S/C14H17NO.C10H12O/c1-14(5-6-14)12-8-10(16-2)9-13-11(12)4-3-7-15-13;1-3-9-6-4-5-7-10(9)8(2)11/h3-4,8-9,15H,5-7H2,1-2H3;4-7H,3H2,1-2H3. The zero-order valence-electron chi connectivity index (χ0n) is 16.8. The number of carbonyl (C=O) groups excluding carboxylic acids is 1. The van der Waals surface area contributed by atoms with Gasteiger partial charge in [-0.15, -0.1) is 0 Å². The molecule has 2 aromatic carbocycles. The smallest absolute Gasteiger partial charge is 0.160 e. The quantitative estimate of drug-likeness (QED) is 0.715. The van der Waals surface area contributed by atoms with Gasteiger partial charge in [0.2, 0.25) is 0 Å². The van der Waals surface area contributed by atoms with Crippen LogP contribution in [0.4, 0.5) is 5.69 Å². The van der Waals surface area contributed by atoms with E-state index in [2.05, 4.69) is 43.4 Å². The molecule has 3 heteroatoms. The van der Waals surface area contributed by atoms with Crippen LogP contribution in [0.2, 0.25) is 0 Å². The lowest BCUT2D eigenvalue weighted by atomic mass is 9.90. The van der Waals surface area contributed by atoms with Crippen molar-refractivity contribution in [3.63, 3.8) is 0 Å². The van der Waals surface area contributed by atoms with Gasteiger partial charge < -0.3 is 10.1 Å². The van der Waals surface area contributed by atoms with Crippen molar-refractivity contribution >= 4 is 17.5 Å². The van der Waals surface area contributed by atoms with Gasteiger partial charge in [-0.2, -0.15) is 0 Å². The van der Waals surface area contributed by atoms with E-state index in [0.717, 1.165) is 29.8 Å². The van der Waals surface area contributed by atoms with E-state index >= 15 is 0 Å². The average Bonchev–Trinajstić information content (AvgIpc) is 3.45. The number of ether oxygens (including phenoxy) is 1. The van der Waals surface area contributed by atoms with Crippen LogP contribution in [0.25, 0.3) is 6.08 Å². The van der Waals surface area contributed by atoms with E-state index in [-0.39, 0.29) is 5.78 Å². The van der Waals surface area contributed by atoms with Gasteiger partial charge in [0.15, 0.2) is 5.78 Å². The Morgan fingerprint density at radius 1 is 1.22 bits per heavy atom. The molecule has 0 bridgehead atoms. The van der Waals surface area contributed by atoms with Crippen molar-refractivity contribution in [1.82, 2.24) is 0 Å². The molecule has 1 heterocycles. The highest BCUT2D eigenvalue weighted by molar-refractivity contribution is 5.95. The van der Waals surface area contributed by atoms with E-state index in [1.54, 1.807) is 14.0 Å². The second kappa shape index (κ2) is 7.99. The predicted octanol–water partition coefficient (Wildman–Crippen LogP) is 5.64. The Morgan fingerprint density at radius 3 is 2.56 bits per heavy atom. The van der Waals surface area contributed by atoms with Gasteiger partial charge in [-0.25, -0.2) is 0 Å². The molecule has 142 valence electrons. The normalized spacial score (nSPS) is 15.7. The Hall–Kier alpha value is -2.55. The van der Waals surface area contributed by atoms with Crippen molar-refractivity contribution in [1.29, 1.82) is 0 Å². The first kappa shape index (κ1) is 19.2. The van der Waals surface area contributed by atoms with Crippen molar-refractivity contribution in [2.75, 3.05) is 19.0 Å². The number of carbonyl (C=O) groups is 1. The molecule has 3 nitrogen and oxygen atoms in total. The summed E-state index contributed by atoms with van der Waals surface area (Å²) < 4.78 is 5.38. The first-order chi connectivity index (χ1) is 13.0. The molecule has 27 heavy (non-hydrogen) atoms. The van der Waals surface area contributed by atoms with Gasteiger partial charge in [0.1, 0.15) is 5.75 Å². The average molecular weight is 364 g/mol. The molecule has 2 aromatic rings. The Bertz CT molecular complexity index is 863. The van der Waals surface area contributed by atoms with Crippen LogP contribution in [0.3, 0.4) is 0 Å². The summed E-state index contributed by atoms with van der Waals surface area (Å²) in [5.41, 5.74) is 6.37. The number of hydrogen-bond acceptors (Lipinski definition) is 3. The second-order valence-electron chi connectivity index (χ2n) is 7.55. The molecule has 0 spiro atoms. The molecule has 4 rings (SSSR count). The van der Waals surface area contributed by atoms with Crippen molar-refractivity contribution in [3.05, 3.63) is 64.7 Å². The maximum Gasteiger partial charge on any atom is 0.160 e. The van der Waals surface area contributed by atoms with Crippen LogP contribution in [-0.2, 0) is 11.8 Å². The van der Waals surface area contributed by atoms with E-state index in [1.165, 1.54) is 29.7 Å². The minimum Gasteiger partial charge on any atom is -0.497 e. The zero-order chi connectivity index (χ0) is 19.4. The summed E-state index contributed by atoms with van der Waals surface area (Å²) in [5, 5.41) is 3.41. The van der Waals surface area contributed by atoms with E-state index in [0.29, 0.717) is 5.41 Å². The number of methoxy groups -OCH3 is 1. The summed E-state index contributed by atoms with van der Waals surface area (Å²) in [6.45, 7) is 6.91. The number of aryl methyl sites for hydroxylation is 1. The van der Waals surface area contributed by atoms with E-state index in [9.17, 15) is 4.79 Å². The number of nitrogens with one attached hydrogen (secondary N) is 1. The summed E-state index contributed by atoms with van der Waals surface area (Å²) in [4.78, 5) is 11.0. The SMILES string of the molecule is CCc1ccccc1C(C)=O.COc1cc2c(c(C3(C)CC3)c1)C=CCN2. The number of benzene rings is 2. The summed E-state index contributed by atoms with van der Waals surface area (Å²) in [7, 11) is 1.74. The first-order valence-corrected chi connectivity index (χ1v) is 9.70. The fourth-order valence-corrected chi connectivity index (χ4v) is 3.54. The van der Waals surface area contributed by atoms with Crippen LogP contribution in [0.5, 0.6) is 5.75 Å². The van der Waals surface area contributed by atoms with Crippen molar-refractivity contribution in [3.8, 4) is 5.75 Å². The van der Waals surface area contributed by atoms with Crippen LogP contribution in [0.1, 0.15) is 60.7 Å². The molecule has 0 aromatic heterocycles. The fraction of sp³-hybridized carbons (Fsp3) is 0.375. The van der Waals surface area contributed by atoms with Crippen LogP contribution < -0.4 is 10.1 Å². The van der Waals surface area contributed by atoms with Crippen LogP contribution >= 0.6 is 0 Å². The Kier molecular flexibility index (Phi) is 5.69. The summed E-state index contributed by atoms with van der Waals surface area (Å²) in [6.07, 6.45) is 7.94. The molecular formula is C24H29NO2. The molecule has 1 N–H and O–H groups in total. The lowest BCUT2D eigenvalue weighted by molar-refractivity contribution is 0.101. The zero-order valence-corrected chi connectivity index (χ0v) is 16.8. The highest BCUT2D eigenvalue weighted by atomic mass is 16.5. The molecule has 1 aliphatic heterocycles. The monoisotopic (exact) mass is 363 g/mol. The molecule has 0 amide bonds. The first-order valence-electron chi connectivity index (χ1n) is 9.70. The number of anilines is 1. The highest BCUT2D eigenvalue weighted by Crippen LogP contribution is 2.51. The second-order valence-corrected chi connectivity index (χ2v) is 7.55. The topological polar surface area (TPSA) is 38.3 Å². The molecule has 2 aliphatic rings. The minimum absolute atomic E-state index is 0.155. The van der Waals surface area contributed by atoms with Crippen molar-refractivity contribution in [2.24, 2.45) is 0 Å². The Morgan fingerprint density at radius 2 is 1.96 bits per heavy atom. The van der Waals surface area contributed by atoms with Gasteiger partial charge in [0, 0.05) is 29.4 Å². The molecule has 0 radical (unpaired) electrons. The van der Waals surface area contributed by atoms with Gasteiger partial charge in [-0.3, -0.25) is 4.79 Å². The summed E-state index contributed by atoms with van der Waals surface area (Å²) in [6, 6.07) is 12.0. The lowest BCUT2D eigenvalue weighted by Crippen LogP contribution is -2.11. The summed E-state index contributed by atoms with van der Waals surface area (Å²) >= 11 is 0. The molecule has 1 fully saturated rings. The van der Waals surface area contributed by atoms with E-state index in [1.807, 2.05) is 24.3 Å². The van der Waals surface area contributed by atoms with E-state index in [4.69, 9.17) is 4.74 Å². The van der Waals surface area contributed by atoms with Crippen LogP contribution in [-0.4, -0.2) is 19.4 Å². The maximum absolute atomic E-state index is 11.0. The number of hydrogen-bond donors (Lipinski definition) is 1. The molecule has 1 saturated carbocycles. The lowest BCUT2D eigenvalue weighted by Gasteiger charge is -2.21. The van der Waals surface area contributed by atoms with Crippen LogP contribution in [0.15, 0.2) is 42.5 Å². The van der Waals surface area contributed by atoms with Crippen LogP contribution in [0, 0.1) is 0 Å². The maximum atomic E-state index is 11.0. The Balaban J connectivity index is 0.000000168. The molecule has 0 saturated heterocycles. The molecular weight excluding hydrogens is 334 g/mol. The number of Topliss-reactive ketones (excluding diaryl/α,β-unsaturated/α-hetero) is 1. The van der Waals surface area contributed by atoms with Crippen molar-refractivity contribution in [2.45, 2.75) is 45.4 Å². The van der Waals surface area contributed by atoms with Gasteiger partial charge in [-0.1, -0.05) is 50.3 Å². The number of rotatable bonds is 4. The van der Waals surface area contributed by atoms with Gasteiger partial charge in [0.05, 0.1) is 7.11 Å². The van der Waals surface area contributed by atoms with Gasteiger partial charge >= 0.3 is 0 Å². The number of fused-ring (bicyclic) bond motifs is 1. The van der Waals surface area contributed by atoms with Crippen molar-refractivity contribution < 1.29 is 9.53 Å². The third-order valence-electron chi connectivity index (χ3n) is 5.51. The number of ketones is 1.